The van der Waals surface area contributed by atoms with E-state index >= 15 is 8.78 Å². The maximum atomic E-state index is 16.1. The molecule has 2 aromatic heterocycles. The molecule has 1 N–H and O–H groups in total. The van der Waals surface area contributed by atoms with E-state index in [2.05, 4.69) is 15.0 Å². The third kappa shape index (κ3) is 4.11. The Hall–Kier alpha value is -3.60. The second kappa shape index (κ2) is 8.47. The van der Waals surface area contributed by atoms with Crippen LogP contribution < -0.4 is 4.90 Å². The summed E-state index contributed by atoms with van der Waals surface area (Å²) in [5, 5.41) is 10.3. The molecule has 37 heavy (non-hydrogen) atoms. The number of amides is 1. The van der Waals surface area contributed by atoms with Gasteiger partial charge in [0.1, 0.15) is 22.9 Å². The molecule has 2 atom stereocenters. The molecule has 0 aliphatic carbocycles. The molecule has 5 rings (SSSR count). The molecule has 2 aliphatic rings. The van der Waals surface area contributed by atoms with Crippen LogP contribution in [0.1, 0.15) is 35.5 Å². The van der Waals surface area contributed by atoms with E-state index in [-0.39, 0.29) is 34.0 Å². The summed E-state index contributed by atoms with van der Waals surface area (Å²) in [6.07, 6.45) is 2.88. The average Bonchev–Trinajstić information content (AvgIpc) is 3.24. The van der Waals surface area contributed by atoms with E-state index in [0.717, 1.165) is 11.0 Å². The van der Waals surface area contributed by atoms with Crippen LogP contribution in [0.5, 0.6) is 0 Å². The first-order valence-corrected chi connectivity index (χ1v) is 11.7. The molecule has 4 heterocycles. The van der Waals surface area contributed by atoms with Crippen LogP contribution in [0.25, 0.3) is 11.4 Å². The second-order valence-electron chi connectivity index (χ2n) is 10.2. The van der Waals surface area contributed by atoms with Crippen LogP contribution in [0.3, 0.4) is 0 Å². The molecule has 194 valence electrons. The summed E-state index contributed by atoms with van der Waals surface area (Å²) >= 11 is 0. The van der Waals surface area contributed by atoms with Gasteiger partial charge in [0.2, 0.25) is 0 Å². The minimum Gasteiger partial charge on any atom is -0.384 e. The van der Waals surface area contributed by atoms with Gasteiger partial charge in [-0.05, 0) is 44.5 Å². The number of nitrogens with zero attached hydrogens (tertiary/aromatic N) is 5. The van der Waals surface area contributed by atoms with Gasteiger partial charge in [-0.25, -0.2) is 32.5 Å². The number of aryl methyl sites for hydroxylation is 1. The summed E-state index contributed by atoms with van der Waals surface area (Å²) in [6.45, 7) is 2.09. The van der Waals surface area contributed by atoms with Crippen molar-refractivity contribution < 1.29 is 27.5 Å². The number of rotatable bonds is 4. The van der Waals surface area contributed by atoms with E-state index in [1.54, 1.807) is 6.07 Å². The molecule has 0 bridgehead atoms. The smallest absolute Gasteiger partial charge is 0.257 e. The summed E-state index contributed by atoms with van der Waals surface area (Å²) in [5.74, 6) is -2.17. The third-order valence-electron chi connectivity index (χ3n) is 6.92. The van der Waals surface area contributed by atoms with Crippen molar-refractivity contribution in [1.29, 1.82) is 0 Å². The predicted molar refractivity (Wildman–Crippen MR) is 127 cm³/mol. The van der Waals surface area contributed by atoms with Crippen LogP contribution in [0, 0.1) is 18.6 Å². The van der Waals surface area contributed by atoms with E-state index in [9.17, 15) is 18.7 Å². The molecule has 1 aromatic carbocycles. The van der Waals surface area contributed by atoms with Crippen molar-refractivity contribution in [1.82, 2.24) is 19.9 Å². The van der Waals surface area contributed by atoms with Gasteiger partial charge in [-0.15, -0.1) is 0 Å². The van der Waals surface area contributed by atoms with Gasteiger partial charge in [-0.1, -0.05) is 12.1 Å². The predicted octanol–water partition coefficient (Wildman–Crippen LogP) is 3.75. The van der Waals surface area contributed by atoms with Crippen LogP contribution in [-0.4, -0.2) is 68.4 Å². The molecule has 1 amide bonds. The van der Waals surface area contributed by atoms with Crippen LogP contribution in [0.15, 0.2) is 42.7 Å². The van der Waals surface area contributed by atoms with Crippen LogP contribution in [0.2, 0.25) is 0 Å². The summed E-state index contributed by atoms with van der Waals surface area (Å²) < 4.78 is 61.6. The molecule has 3 aromatic rings. The molecule has 2 fully saturated rings. The SMILES string of the molecule is Cc1cc(N2C[C@]3(F)CN(C(=O)c4c(F)cccc4-c4ncccn4)C[C@]3(F)C2)nc(C(C)(C)O)c1F. The van der Waals surface area contributed by atoms with Crippen molar-refractivity contribution in [2.45, 2.75) is 37.7 Å². The monoisotopic (exact) mass is 515 g/mol. The van der Waals surface area contributed by atoms with Crippen LogP contribution in [0.4, 0.5) is 23.4 Å². The largest absolute Gasteiger partial charge is 0.384 e. The molecule has 0 radical (unpaired) electrons. The number of hydrogen-bond acceptors (Lipinski definition) is 6. The molecular formula is C26H25F4N5O2. The lowest BCUT2D eigenvalue weighted by atomic mass is 9.94. The maximum absolute atomic E-state index is 16.1. The van der Waals surface area contributed by atoms with Crippen molar-refractivity contribution in [2.75, 3.05) is 31.1 Å². The van der Waals surface area contributed by atoms with Crippen molar-refractivity contribution in [3.8, 4) is 11.4 Å². The minimum absolute atomic E-state index is 0.112. The number of benzene rings is 1. The second-order valence-corrected chi connectivity index (χ2v) is 10.2. The third-order valence-corrected chi connectivity index (χ3v) is 6.92. The number of likely N-dealkylation sites (tertiary alicyclic amines) is 1. The average molecular weight is 516 g/mol. The fourth-order valence-corrected chi connectivity index (χ4v) is 5.03. The molecule has 2 saturated heterocycles. The number of anilines is 1. The molecule has 2 aliphatic heterocycles. The normalized spacial score (nSPS) is 23.5. The first-order valence-electron chi connectivity index (χ1n) is 11.7. The van der Waals surface area contributed by atoms with E-state index < -0.39 is 60.7 Å². The number of aromatic nitrogens is 3. The Balaban J connectivity index is 1.43. The Morgan fingerprint density at radius 2 is 1.65 bits per heavy atom. The highest BCUT2D eigenvalue weighted by atomic mass is 19.2. The first kappa shape index (κ1) is 25.1. The molecule has 0 saturated carbocycles. The van der Waals surface area contributed by atoms with E-state index in [4.69, 9.17) is 0 Å². The van der Waals surface area contributed by atoms with Gasteiger partial charge in [-0.3, -0.25) is 4.79 Å². The fourth-order valence-electron chi connectivity index (χ4n) is 5.03. The number of aliphatic hydroxyl groups is 1. The maximum Gasteiger partial charge on any atom is 0.257 e. The zero-order chi connectivity index (χ0) is 26.8. The van der Waals surface area contributed by atoms with Crippen LogP contribution in [-0.2, 0) is 5.60 Å². The standard InChI is InChI=1S/C26H25F4N5O2/c1-15-10-18(33-21(20(15)28)24(2,3)37)34-11-25(29)13-35(14-26(25,30)12-34)23(36)19-16(6-4-7-17(19)27)22-31-8-5-9-32-22/h4-10,37H,11-14H2,1-3H3/t25-,26+. The fraction of sp³-hybridized carbons (Fsp3) is 0.385. The first-order chi connectivity index (χ1) is 17.3. The Morgan fingerprint density at radius 3 is 2.24 bits per heavy atom. The van der Waals surface area contributed by atoms with Gasteiger partial charge in [0.15, 0.2) is 23.0 Å². The van der Waals surface area contributed by atoms with Gasteiger partial charge in [0.05, 0.1) is 31.7 Å². The van der Waals surface area contributed by atoms with E-state index in [1.165, 1.54) is 56.3 Å². The molecule has 0 spiro atoms. The number of alkyl halides is 2. The van der Waals surface area contributed by atoms with Gasteiger partial charge >= 0.3 is 0 Å². The molecular weight excluding hydrogens is 490 g/mol. The van der Waals surface area contributed by atoms with Gasteiger partial charge in [0, 0.05) is 18.0 Å². The highest BCUT2D eigenvalue weighted by Crippen LogP contribution is 2.46. The number of pyridine rings is 1. The number of halogens is 4. The Bertz CT molecular complexity index is 1360. The number of carbonyl (C=O) groups excluding carboxylic acids is 1. The van der Waals surface area contributed by atoms with Crippen molar-refractivity contribution in [3.05, 3.63) is 71.2 Å². The Morgan fingerprint density at radius 1 is 1.03 bits per heavy atom. The highest BCUT2D eigenvalue weighted by molar-refractivity contribution is 6.00. The number of hydrogen-bond donors (Lipinski definition) is 1. The quantitative estimate of drug-likeness (QED) is 0.533. The van der Waals surface area contributed by atoms with Gasteiger partial charge < -0.3 is 14.9 Å². The van der Waals surface area contributed by atoms with E-state index in [1.807, 2.05) is 0 Å². The van der Waals surface area contributed by atoms with Gasteiger partial charge in [0.25, 0.3) is 5.91 Å². The lowest BCUT2D eigenvalue weighted by Gasteiger charge is -2.26. The van der Waals surface area contributed by atoms with Crippen molar-refractivity contribution in [2.24, 2.45) is 0 Å². The highest BCUT2D eigenvalue weighted by Gasteiger charge is 2.66. The minimum atomic E-state index is -2.48. The Labute approximate surface area is 210 Å². The number of carbonyl (C=O) groups is 1. The van der Waals surface area contributed by atoms with E-state index in [0.29, 0.717) is 0 Å². The summed E-state index contributed by atoms with van der Waals surface area (Å²) in [7, 11) is 0. The van der Waals surface area contributed by atoms with Crippen LogP contribution >= 0.6 is 0 Å². The van der Waals surface area contributed by atoms with Crippen molar-refractivity contribution >= 4 is 11.7 Å². The zero-order valence-corrected chi connectivity index (χ0v) is 20.5. The van der Waals surface area contributed by atoms with Crippen molar-refractivity contribution in [3.63, 3.8) is 0 Å². The summed E-state index contributed by atoms with van der Waals surface area (Å²) in [6, 6.07) is 6.91. The zero-order valence-electron chi connectivity index (χ0n) is 20.5. The topological polar surface area (TPSA) is 82.5 Å². The molecule has 0 unspecified atom stereocenters. The lowest BCUT2D eigenvalue weighted by Crippen LogP contribution is -2.44. The molecule has 11 heteroatoms. The molecule has 7 nitrogen and oxygen atoms in total. The Kier molecular flexibility index (Phi) is 5.74. The lowest BCUT2D eigenvalue weighted by molar-refractivity contribution is 0.0491. The summed E-state index contributed by atoms with van der Waals surface area (Å²) in [4.78, 5) is 28.0. The summed E-state index contributed by atoms with van der Waals surface area (Å²) in [5.41, 5.74) is -6.85. The van der Waals surface area contributed by atoms with Gasteiger partial charge in [-0.2, -0.15) is 0 Å². The number of fused-ring (bicyclic) bond motifs is 1.